The molecule has 1 saturated heterocycles. The number of aliphatic carboxylic acids is 1. The molecule has 2 unspecified atom stereocenters. The molecule has 4 heteroatoms. The van der Waals surface area contributed by atoms with Crippen molar-refractivity contribution in [2.24, 2.45) is 0 Å². The molecule has 0 spiro atoms. The zero-order valence-electron chi connectivity index (χ0n) is 6.12. The maximum absolute atomic E-state index is 10.4. The fourth-order valence-electron chi connectivity index (χ4n) is 1.16. The van der Waals surface area contributed by atoms with Gasteiger partial charge in [0, 0.05) is 6.61 Å². The lowest BCUT2D eigenvalue weighted by Gasteiger charge is -2.23. The molecular formula is C7H11ClO3. The Morgan fingerprint density at radius 3 is 2.82 bits per heavy atom. The summed E-state index contributed by atoms with van der Waals surface area (Å²) in [5, 5.41) is 7.64. The summed E-state index contributed by atoms with van der Waals surface area (Å²) in [6, 6.07) is 0. The van der Waals surface area contributed by atoms with E-state index in [1.807, 2.05) is 0 Å². The maximum Gasteiger partial charge on any atom is 0.324 e. The molecule has 1 aliphatic heterocycles. The largest absolute Gasteiger partial charge is 0.480 e. The Labute approximate surface area is 70.3 Å². The number of ether oxygens (including phenoxy) is 1. The van der Waals surface area contributed by atoms with Crippen molar-refractivity contribution in [1.82, 2.24) is 0 Å². The molecule has 0 bridgehead atoms. The van der Waals surface area contributed by atoms with Crippen LogP contribution in [0.2, 0.25) is 0 Å². The molecule has 11 heavy (non-hydrogen) atoms. The third-order valence-corrected chi connectivity index (χ3v) is 2.24. The van der Waals surface area contributed by atoms with E-state index in [0.29, 0.717) is 6.61 Å². The predicted octanol–water partition coefficient (Wildman–Crippen LogP) is 1.25. The van der Waals surface area contributed by atoms with E-state index in [1.165, 1.54) is 0 Å². The van der Waals surface area contributed by atoms with Gasteiger partial charge in [-0.05, 0) is 19.3 Å². The summed E-state index contributed by atoms with van der Waals surface area (Å²) in [5.74, 6) is -0.987. The fraction of sp³-hybridized carbons (Fsp3) is 0.857. The van der Waals surface area contributed by atoms with Crippen LogP contribution in [0.4, 0.5) is 0 Å². The van der Waals surface area contributed by atoms with Gasteiger partial charge >= 0.3 is 5.97 Å². The lowest BCUT2D eigenvalue weighted by atomic mass is 10.1. The number of alkyl halides is 1. The molecule has 0 aromatic rings. The molecule has 1 N–H and O–H groups in total. The predicted molar refractivity (Wildman–Crippen MR) is 40.9 cm³/mol. The molecule has 1 fully saturated rings. The van der Waals surface area contributed by atoms with Crippen LogP contribution in [0.5, 0.6) is 0 Å². The van der Waals surface area contributed by atoms with E-state index >= 15 is 0 Å². The van der Waals surface area contributed by atoms with Crippen LogP contribution in [0.1, 0.15) is 19.3 Å². The monoisotopic (exact) mass is 178 g/mol. The van der Waals surface area contributed by atoms with Crippen molar-refractivity contribution in [2.75, 3.05) is 6.61 Å². The van der Waals surface area contributed by atoms with E-state index in [1.54, 1.807) is 0 Å². The van der Waals surface area contributed by atoms with Gasteiger partial charge in [-0.1, -0.05) is 0 Å². The van der Waals surface area contributed by atoms with Gasteiger partial charge in [-0.2, -0.15) is 0 Å². The average molecular weight is 179 g/mol. The third-order valence-electron chi connectivity index (χ3n) is 1.78. The molecule has 0 amide bonds. The van der Waals surface area contributed by atoms with Crippen LogP contribution in [0.15, 0.2) is 0 Å². The second-order valence-electron chi connectivity index (χ2n) is 2.65. The zero-order chi connectivity index (χ0) is 8.27. The highest BCUT2D eigenvalue weighted by atomic mass is 35.5. The summed E-state index contributed by atoms with van der Waals surface area (Å²) in [6.07, 6.45) is 2.50. The van der Waals surface area contributed by atoms with Gasteiger partial charge in [-0.25, -0.2) is 0 Å². The van der Waals surface area contributed by atoms with Crippen molar-refractivity contribution in [3.8, 4) is 0 Å². The van der Waals surface area contributed by atoms with Crippen molar-refractivity contribution in [2.45, 2.75) is 30.7 Å². The van der Waals surface area contributed by atoms with Crippen molar-refractivity contribution >= 4 is 17.6 Å². The van der Waals surface area contributed by atoms with Crippen LogP contribution in [0.3, 0.4) is 0 Å². The molecule has 64 valence electrons. The quantitative estimate of drug-likeness (QED) is 0.648. The number of hydrogen-bond acceptors (Lipinski definition) is 2. The Kier molecular flexibility index (Phi) is 3.15. The number of carboxylic acids is 1. The van der Waals surface area contributed by atoms with Crippen molar-refractivity contribution in [3.05, 3.63) is 0 Å². The minimum absolute atomic E-state index is 0.289. The summed E-state index contributed by atoms with van der Waals surface area (Å²) in [4.78, 5) is 10.4. The molecule has 0 aromatic carbocycles. The number of hydrogen-bond donors (Lipinski definition) is 1. The Morgan fingerprint density at radius 2 is 2.36 bits per heavy atom. The smallest absolute Gasteiger partial charge is 0.324 e. The lowest BCUT2D eigenvalue weighted by molar-refractivity contribution is -0.140. The minimum Gasteiger partial charge on any atom is -0.480 e. The van der Waals surface area contributed by atoms with Gasteiger partial charge in [0.15, 0.2) is 5.38 Å². The van der Waals surface area contributed by atoms with Gasteiger partial charge in [-0.3, -0.25) is 4.79 Å². The molecular weight excluding hydrogens is 168 g/mol. The van der Waals surface area contributed by atoms with Gasteiger partial charge in [-0.15, -0.1) is 11.6 Å². The Morgan fingerprint density at radius 1 is 1.64 bits per heavy atom. The van der Waals surface area contributed by atoms with Crippen LogP contribution in [0, 0.1) is 0 Å². The number of carbonyl (C=O) groups is 1. The highest BCUT2D eigenvalue weighted by Crippen LogP contribution is 2.19. The minimum atomic E-state index is -0.987. The van der Waals surface area contributed by atoms with Crippen molar-refractivity contribution < 1.29 is 14.6 Å². The third kappa shape index (κ3) is 2.34. The highest BCUT2D eigenvalue weighted by molar-refractivity contribution is 6.30. The summed E-state index contributed by atoms with van der Waals surface area (Å²) in [7, 11) is 0. The molecule has 3 nitrogen and oxygen atoms in total. The van der Waals surface area contributed by atoms with E-state index in [0.717, 1.165) is 19.3 Å². The summed E-state index contributed by atoms with van der Waals surface area (Å²) in [5.41, 5.74) is 0. The van der Waals surface area contributed by atoms with E-state index in [9.17, 15) is 4.79 Å². The Hall–Kier alpha value is -0.280. The van der Waals surface area contributed by atoms with Crippen molar-refractivity contribution in [1.29, 1.82) is 0 Å². The van der Waals surface area contributed by atoms with E-state index in [4.69, 9.17) is 21.4 Å². The van der Waals surface area contributed by atoms with E-state index in [-0.39, 0.29) is 6.10 Å². The van der Waals surface area contributed by atoms with Gasteiger partial charge < -0.3 is 9.84 Å². The second kappa shape index (κ2) is 3.93. The van der Waals surface area contributed by atoms with Gasteiger partial charge in [0.25, 0.3) is 0 Å². The molecule has 2 atom stereocenters. The van der Waals surface area contributed by atoms with Gasteiger partial charge in [0.1, 0.15) is 0 Å². The first-order valence-electron chi connectivity index (χ1n) is 3.70. The van der Waals surface area contributed by atoms with Crippen molar-refractivity contribution in [3.63, 3.8) is 0 Å². The first-order chi connectivity index (χ1) is 5.22. The normalized spacial score (nSPS) is 27.9. The Balaban J connectivity index is 2.38. The summed E-state index contributed by atoms with van der Waals surface area (Å²) < 4.78 is 5.19. The number of carboxylic acid groups (broad SMARTS) is 1. The lowest BCUT2D eigenvalue weighted by Crippen LogP contribution is -2.34. The standard InChI is InChI=1S/C7H11ClO3/c8-6(7(9)10)5-3-1-2-4-11-5/h5-6H,1-4H2,(H,9,10). The first kappa shape index (κ1) is 8.81. The molecule has 0 radical (unpaired) electrons. The van der Waals surface area contributed by atoms with Crippen LogP contribution in [-0.2, 0) is 9.53 Å². The summed E-state index contributed by atoms with van der Waals surface area (Å²) in [6.45, 7) is 0.640. The van der Waals surface area contributed by atoms with Crippen LogP contribution >= 0.6 is 11.6 Å². The SMILES string of the molecule is O=C(O)C(Cl)C1CCCCO1. The molecule has 1 aliphatic rings. The van der Waals surface area contributed by atoms with Crippen LogP contribution in [-0.4, -0.2) is 29.2 Å². The van der Waals surface area contributed by atoms with Crippen LogP contribution in [0.25, 0.3) is 0 Å². The zero-order valence-corrected chi connectivity index (χ0v) is 6.88. The first-order valence-corrected chi connectivity index (χ1v) is 4.14. The molecule has 0 saturated carbocycles. The van der Waals surface area contributed by atoms with Gasteiger partial charge in [0.2, 0.25) is 0 Å². The molecule has 1 heterocycles. The van der Waals surface area contributed by atoms with E-state index in [2.05, 4.69) is 0 Å². The Bertz CT molecular complexity index is 143. The van der Waals surface area contributed by atoms with Gasteiger partial charge in [0.05, 0.1) is 6.10 Å². The number of halogens is 1. The number of rotatable bonds is 2. The summed E-state index contributed by atoms with van der Waals surface area (Å²) >= 11 is 5.57. The second-order valence-corrected chi connectivity index (χ2v) is 3.12. The van der Waals surface area contributed by atoms with E-state index < -0.39 is 11.3 Å². The molecule has 0 aliphatic carbocycles. The van der Waals surface area contributed by atoms with Crippen LogP contribution < -0.4 is 0 Å². The topological polar surface area (TPSA) is 46.5 Å². The fourth-order valence-corrected chi connectivity index (χ4v) is 1.35. The molecule has 1 rings (SSSR count). The highest BCUT2D eigenvalue weighted by Gasteiger charge is 2.27. The average Bonchev–Trinajstić information content (AvgIpc) is 2.05. The molecule has 0 aromatic heterocycles. The maximum atomic E-state index is 10.4.